The van der Waals surface area contributed by atoms with Crippen molar-refractivity contribution >= 4 is 11.8 Å². The van der Waals surface area contributed by atoms with Crippen LogP contribution in [0.15, 0.2) is 51.6 Å². The zero-order chi connectivity index (χ0) is 15.5. The molecule has 0 radical (unpaired) electrons. The molecular formula is C16H15N3O3. The van der Waals surface area contributed by atoms with E-state index in [0.717, 1.165) is 11.1 Å². The smallest absolute Gasteiger partial charge is 0.259 e. The van der Waals surface area contributed by atoms with Crippen LogP contribution in [-0.2, 0) is 6.54 Å². The lowest BCUT2D eigenvalue weighted by molar-refractivity contribution is 0.0952. The average Bonchev–Trinajstić information content (AvgIpc) is 3.14. The molecule has 1 aromatic carbocycles. The lowest BCUT2D eigenvalue weighted by atomic mass is 10.1. The Morgan fingerprint density at radius 2 is 2.18 bits per heavy atom. The Balaban J connectivity index is 1.80. The van der Waals surface area contributed by atoms with Crippen LogP contribution in [0.3, 0.4) is 0 Å². The fraction of sp³-hybridized carbons (Fsp3) is 0.125. The summed E-state index contributed by atoms with van der Waals surface area (Å²) >= 11 is 0. The number of amides is 1. The zero-order valence-corrected chi connectivity index (χ0v) is 12.0. The van der Waals surface area contributed by atoms with Gasteiger partial charge in [0.15, 0.2) is 11.5 Å². The molecule has 0 fully saturated rings. The minimum Gasteiger partial charge on any atom is -0.463 e. The number of furan rings is 1. The van der Waals surface area contributed by atoms with Crippen molar-refractivity contribution in [3.05, 3.63) is 59.4 Å². The Morgan fingerprint density at radius 1 is 1.32 bits per heavy atom. The number of nitrogens with two attached hydrogens (primary N) is 1. The van der Waals surface area contributed by atoms with Gasteiger partial charge in [-0.1, -0.05) is 35.0 Å². The van der Waals surface area contributed by atoms with E-state index in [1.807, 2.05) is 31.2 Å². The number of nitrogen functional groups attached to an aromatic ring is 1. The summed E-state index contributed by atoms with van der Waals surface area (Å²) in [6, 6.07) is 11.3. The number of carbonyl (C=O) groups is 1. The second kappa shape index (κ2) is 5.77. The Labute approximate surface area is 126 Å². The fourth-order valence-electron chi connectivity index (χ4n) is 2.20. The number of nitrogens with one attached hydrogen (secondary N) is 1. The van der Waals surface area contributed by atoms with Crippen LogP contribution in [0.4, 0.5) is 5.88 Å². The number of aromatic nitrogens is 1. The highest BCUT2D eigenvalue weighted by atomic mass is 16.5. The van der Waals surface area contributed by atoms with Gasteiger partial charge in [0.25, 0.3) is 5.91 Å². The Bertz CT molecular complexity index is 791. The van der Waals surface area contributed by atoms with Gasteiger partial charge in [-0.3, -0.25) is 4.79 Å². The summed E-state index contributed by atoms with van der Waals surface area (Å²) in [4.78, 5) is 12.4. The van der Waals surface area contributed by atoms with Gasteiger partial charge in [-0.15, -0.1) is 0 Å². The van der Waals surface area contributed by atoms with Gasteiger partial charge in [0.1, 0.15) is 5.56 Å². The van der Waals surface area contributed by atoms with E-state index in [4.69, 9.17) is 14.7 Å². The zero-order valence-electron chi connectivity index (χ0n) is 12.0. The molecule has 2 aromatic heterocycles. The number of rotatable bonds is 4. The van der Waals surface area contributed by atoms with Crippen LogP contribution < -0.4 is 11.1 Å². The van der Waals surface area contributed by atoms with Gasteiger partial charge >= 0.3 is 0 Å². The first-order chi connectivity index (χ1) is 10.6. The molecule has 0 aliphatic carbocycles. The Kier molecular flexibility index (Phi) is 3.65. The molecule has 3 N–H and O–H groups in total. The van der Waals surface area contributed by atoms with E-state index in [0.29, 0.717) is 18.0 Å². The molecule has 22 heavy (non-hydrogen) atoms. The number of aryl methyl sites for hydroxylation is 1. The van der Waals surface area contributed by atoms with E-state index in [1.165, 1.54) is 6.26 Å². The maximum atomic E-state index is 12.4. The van der Waals surface area contributed by atoms with Gasteiger partial charge in [0, 0.05) is 6.54 Å². The number of benzene rings is 1. The van der Waals surface area contributed by atoms with Crippen molar-refractivity contribution in [2.24, 2.45) is 0 Å². The molecular weight excluding hydrogens is 282 g/mol. The van der Waals surface area contributed by atoms with Gasteiger partial charge in [-0.25, -0.2) is 0 Å². The van der Waals surface area contributed by atoms with Crippen molar-refractivity contribution in [3.8, 4) is 11.5 Å². The third-order valence-electron chi connectivity index (χ3n) is 3.24. The highest BCUT2D eigenvalue weighted by Crippen LogP contribution is 2.27. The van der Waals surface area contributed by atoms with Crippen molar-refractivity contribution in [2.75, 3.05) is 5.73 Å². The Hall–Kier alpha value is -3.02. The molecule has 0 bridgehead atoms. The minimum absolute atomic E-state index is 0.0341. The molecule has 0 atom stereocenters. The van der Waals surface area contributed by atoms with Crippen molar-refractivity contribution in [1.29, 1.82) is 0 Å². The molecule has 6 nitrogen and oxygen atoms in total. The second-order valence-electron chi connectivity index (χ2n) is 4.92. The summed E-state index contributed by atoms with van der Waals surface area (Å²) in [6.07, 6.45) is 1.49. The standard InChI is InChI=1S/C16H15N3O3/c1-10-4-2-5-11(8-10)9-18-16(20)13-14(19-22-15(13)17)12-6-3-7-21-12/h2-8H,9,17H2,1H3,(H,18,20). The third-order valence-corrected chi connectivity index (χ3v) is 3.24. The van der Waals surface area contributed by atoms with Gasteiger partial charge in [-0.2, -0.15) is 0 Å². The van der Waals surface area contributed by atoms with E-state index < -0.39 is 0 Å². The second-order valence-corrected chi connectivity index (χ2v) is 4.92. The molecule has 3 aromatic rings. The molecule has 3 rings (SSSR count). The molecule has 6 heteroatoms. The molecule has 0 spiro atoms. The van der Waals surface area contributed by atoms with Crippen LogP contribution in [0.5, 0.6) is 0 Å². The lowest BCUT2D eigenvalue weighted by Gasteiger charge is -2.06. The summed E-state index contributed by atoms with van der Waals surface area (Å²) in [5.41, 5.74) is 8.32. The van der Waals surface area contributed by atoms with Crippen LogP contribution in [-0.4, -0.2) is 11.1 Å². The summed E-state index contributed by atoms with van der Waals surface area (Å²) < 4.78 is 10.2. The van der Waals surface area contributed by atoms with Gasteiger partial charge in [0.2, 0.25) is 5.88 Å². The molecule has 2 heterocycles. The normalized spacial score (nSPS) is 10.6. The monoisotopic (exact) mass is 297 g/mol. The first kappa shape index (κ1) is 13.9. The van der Waals surface area contributed by atoms with Crippen molar-refractivity contribution in [1.82, 2.24) is 10.5 Å². The van der Waals surface area contributed by atoms with Gasteiger partial charge in [-0.05, 0) is 24.6 Å². The molecule has 1 amide bonds. The van der Waals surface area contributed by atoms with E-state index in [1.54, 1.807) is 12.1 Å². The largest absolute Gasteiger partial charge is 0.463 e. The van der Waals surface area contributed by atoms with Crippen LogP contribution in [0, 0.1) is 6.92 Å². The number of anilines is 1. The maximum absolute atomic E-state index is 12.4. The van der Waals surface area contributed by atoms with Crippen LogP contribution in [0.2, 0.25) is 0 Å². The maximum Gasteiger partial charge on any atom is 0.259 e. The predicted molar refractivity (Wildman–Crippen MR) is 81.0 cm³/mol. The number of hydrogen-bond acceptors (Lipinski definition) is 5. The molecule has 0 saturated heterocycles. The van der Waals surface area contributed by atoms with Gasteiger partial charge in [0.05, 0.1) is 6.26 Å². The summed E-state index contributed by atoms with van der Waals surface area (Å²) in [6.45, 7) is 2.39. The van der Waals surface area contributed by atoms with E-state index in [9.17, 15) is 4.79 Å². The number of carbonyl (C=O) groups excluding carboxylic acids is 1. The van der Waals surface area contributed by atoms with Crippen LogP contribution >= 0.6 is 0 Å². The van der Waals surface area contributed by atoms with Crippen molar-refractivity contribution < 1.29 is 13.7 Å². The minimum atomic E-state index is -0.355. The fourth-order valence-corrected chi connectivity index (χ4v) is 2.20. The highest BCUT2D eigenvalue weighted by molar-refractivity contribution is 6.03. The first-order valence-electron chi connectivity index (χ1n) is 6.78. The quantitative estimate of drug-likeness (QED) is 0.772. The van der Waals surface area contributed by atoms with Gasteiger partial charge < -0.3 is 20.0 Å². The molecule has 112 valence electrons. The Morgan fingerprint density at radius 3 is 2.91 bits per heavy atom. The number of hydrogen-bond donors (Lipinski definition) is 2. The number of nitrogens with zero attached hydrogens (tertiary/aromatic N) is 1. The summed E-state index contributed by atoms with van der Waals surface area (Å²) in [5.74, 6) is 0.0425. The molecule has 0 aliphatic heterocycles. The topological polar surface area (TPSA) is 94.3 Å². The van der Waals surface area contributed by atoms with Crippen LogP contribution in [0.1, 0.15) is 21.5 Å². The van der Waals surface area contributed by atoms with Crippen molar-refractivity contribution in [2.45, 2.75) is 13.5 Å². The van der Waals surface area contributed by atoms with Crippen molar-refractivity contribution in [3.63, 3.8) is 0 Å². The van der Waals surface area contributed by atoms with E-state index in [2.05, 4.69) is 10.5 Å². The lowest BCUT2D eigenvalue weighted by Crippen LogP contribution is -2.23. The predicted octanol–water partition coefficient (Wildman–Crippen LogP) is 2.76. The average molecular weight is 297 g/mol. The first-order valence-corrected chi connectivity index (χ1v) is 6.78. The SMILES string of the molecule is Cc1cccc(CNC(=O)c2c(-c3ccco3)noc2N)c1. The van der Waals surface area contributed by atoms with E-state index >= 15 is 0 Å². The molecule has 0 saturated carbocycles. The molecule has 0 aliphatic rings. The highest BCUT2D eigenvalue weighted by Gasteiger charge is 2.23. The van der Waals surface area contributed by atoms with Crippen LogP contribution in [0.25, 0.3) is 11.5 Å². The molecule has 0 unspecified atom stereocenters. The third kappa shape index (κ3) is 2.71. The summed E-state index contributed by atoms with van der Waals surface area (Å²) in [7, 11) is 0. The summed E-state index contributed by atoms with van der Waals surface area (Å²) in [5, 5.41) is 6.60. The van der Waals surface area contributed by atoms with E-state index in [-0.39, 0.29) is 17.4 Å².